The summed E-state index contributed by atoms with van der Waals surface area (Å²) in [7, 11) is 4.13. The van der Waals surface area contributed by atoms with Crippen molar-refractivity contribution in [3.8, 4) is 11.5 Å². The molecular formula is C19H23N3O6S. The van der Waals surface area contributed by atoms with Crippen LogP contribution in [-0.4, -0.2) is 48.9 Å². The van der Waals surface area contributed by atoms with E-state index in [0.29, 0.717) is 28.8 Å². The predicted molar refractivity (Wildman–Crippen MR) is 109 cm³/mol. The van der Waals surface area contributed by atoms with Crippen LogP contribution < -0.4 is 20.3 Å². The van der Waals surface area contributed by atoms with Crippen molar-refractivity contribution in [1.82, 2.24) is 9.97 Å². The van der Waals surface area contributed by atoms with Crippen molar-refractivity contribution >= 4 is 29.3 Å². The highest BCUT2D eigenvalue weighted by Crippen LogP contribution is 2.33. The molecule has 0 unspecified atom stereocenters. The lowest BCUT2D eigenvalue weighted by Gasteiger charge is -2.14. The van der Waals surface area contributed by atoms with Gasteiger partial charge in [-0.25, -0.2) is 9.78 Å². The Hall–Kier alpha value is -3.01. The van der Waals surface area contributed by atoms with E-state index in [4.69, 9.17) is 14.2 Å². The number of carbonyl (C=O) groups is 2. The van der Waals surface area contributed by atoms with Gasteiger partial charge in [-0.1, -0.05) is 25.1 Å². The highest BCUT2D eigenvalue weighted by molar-refractivity contribution is 7.99. The van der Waals surface area contributed by atoms with Gasteiger partial charge in [0.2, 0.25) is 5.91 Å². The van der Waals surface area contributed by atoms with Crippen LogP contribution in [0.4, 0.5) is 5.69 Å². The summed E-state index contributed by atoms with van der Waals surface area (Å²) < 4.78 is 15.2. The summed E-state index contributed by atoms with van der Waals surface area (Å²) in [5, 5.41) is 3.02. The second kappa shape index (κ2) is 10.5. The van der Waals surface area contributed by atoms with Gasteiger partial charge in [0.15, 0.2) is 16.7 Å². The van der Waals surface area contributed by atoms with Gasteiger partial charge >= 0.3 is 5.97 Å². The molecule has 0 atom stereocenters. The fraction of sp³-hybridized carbons (Fsp3) is 0.368. The predicted octanol–water partition coefficient (Wildman–Crippen LogP) is 2.26. The number of carbonyl (C=O) groups excluding carboxylic acids is 2. The highest BCUT2D eigenvalue weighted by atomic mass is 32.2. The van der Waals surface area contributed by atoms with Crippen molar-refractivity contribution in [2.75, 3.05) is 32.4 Å². The van der Waals surface area contributed by atoms with E-state index in [1.165, 1.54) is 39.5 Å². The average Bonchev–Trinajstić information content (AvgIpc) is 2.71. The summed E-state index contributed by atoms with van der Waals surface area (Å²) in [6.07, 6.45) is 1.54. The van der Waals surface area contributed by atoms with Gasteiger partial charge in [0, 0.05) is 23.9 Å². The Morgan fingerprint density at radius 2 is 1.83 bits per heavy atom. The maximum Gasteiger partial charge on any atom is 0.340 e. The number of amides is 1. The van der Waals surface area contributed by atoms with Gasteiger partial charge in [0.25, 0.3) is 5.56 Å². The zero-order valence-corrected chi connectivity index (χ0v) is 17.5. The molecule has 0 spiro atoms. The number of nitrogens with zero attached hydrogens (tertiary/aromatic N) is 1. The summed E-state index contributed by atoms with van der Waals surface area (Å²) in [5.41, 5.74) is 0.757. The van der Waals surface area contributed by atoms with Gasteiger partial charge in [0.05, 0.1) is 38.3 Å². The monoisotopic (exact) mass is 421 g/mol. The number of aromatic nitrogens is 2. The van der Waals surface area contributed by atoms with Crippen LogP contribution in [-0.2, 0) is 16.0 Å². The van der Waals surface area contributed by atoms with E-state index >= 15 is 0 Å². The van der Waals surface area contributed by atoms with Crippen LogP contribution in [0.15, 0.2) is 28.2 Å². The molecule has 0 aliphatic carbocycles. The number of aryl methyl sites for hydroxylation is 1. The summed E-state index contributed by atoms with van der Waals surface area (Å²) in [5.74, 6) is -0.368. The van der Waals surface area contributed by atoms with E-state index in [1.807, 2.05) is 6.92 Å². The minimum atomic E-state index is -0.632. The Balaban J connectivity index is 2.18. The van der Waals surface area contributed by atoms with Crippen LogP contribution in [0.25, 0.3) is 0 Å². The third-order valence-electron chi connectivity index (χ3n) is 3.82. The first-order valence-electron chi connectivity index (χ1n) is 8.79. The number of thioether (sulfide) groups is 1. The van der Waals surface area contributed by atoms with Crippen LogP contribution >= 0.6 is 11.8 Å². The standard InChI is InChI=1S/C19H23N3O6S/c1-5-6-11-7-16(23)22-19(20-11)29-10-17(24)21-13-9-15(27-3)14(26-2)8-12(13)18(25)28-4/h7-9H,5-6,10H2,1-4H3,(H,21,24)(H,20,22,23). The lowest BCUT2D eigenvalue weighted by molar-refractivity contribution is -0.113. The van der Waals surface area contributed by atoms with Crippen LogP contribution in [0.5, 0.6) is 11.5 Å². The first kappa shape index (κ1) is 22.3. The molecule has 0 aliphatic rings. The second-order valence-electron chi connectivity index (χ2n) is 5.87. The normalized spacial score (nSPS) is 10.3. The smallest absolute Gasteiger partial charge is 0.340 e. The van der Waals surface area contributed by atoms with Crippen LogP contribution in [0.1, 0.15) is 29.4 Å². The third kappa shape index (κ3) is 5.98. The zero-order chi connectivity index (χ0) is 21.4. The summed E-state index contributed by atoms with van der Waals surface area (Å²) in [6, 6.07) is 4.36. The first-order chi connectivity index (χ1) is 13.9. The molecular weight excluding hydrogens is 398 g/mol. The Morgan fingerprint density at radius 1 is 1.14 bits per heavy atom. The van der Waals surface area contributed by atoms with E-state index in [1.54, 1.807) is 0 Å². The molecule has 29 heavy (non-hydrogen) atoms. The van der Waals surface area contributed by atoms with Gasteiger partial charge < -0.3 is 24.5 Å². The van der Waals surface area contributed by atoms with Gasteiger partial charge in [0.1, 0.15) is 0 Å². The number of benzene rings is 1. The molecule has 1 heterocycles. The molecule has 2 aromatic rings. The molecule has 0 aliphatic heterocycles. The van der Waals surface area contributed by atoms with E-state index < -0.39 is 11.9 Å². The molecule has 0 saturated carbocycles. The molecule has 1 aromatic carbocycles. The molecule has 10 heteroatoms. The minimum absolute atomic E-state index is 0.0204. The SMILES string of the molecule is CCCc1cc(=O)[nH]c(SCC(=O)Nc2cc(OC)c(OC)cc2C(=O)OC)n1. The van der Waals surface area contributed by atoms with Crippen molar-refractivity contribution in [1.29, 1.82) is 0 Å². The third-order valence-corrected chi connectivity index (χ3v) is 4.70. The number of rotatable bonds is 9. The molecule has 9 nitrogen and oxygen atoms in total. The number of methoxy groups -OCH3 is 3. The lowest BCUT2D eigenvalue weighted by Crippen LogP contribution is -2.18. The van der Waals surface area contributed by atoms with Crippen molar-refractivity contribution in [2.24, 2.45) is 0 Å². The number of ether oxygens (including phenoxy) is 3. The van der Waals surface area contributed by atoms with Gasteiger partial charge in [-0.15, -0.1) is 0 Å². The fourth-order valence-electron chi connectivity index (χ4n) is 2.52. The number of nitrogens with one attached hydrogen (secondary N) is 2. The number of hydrogen-bond acceptors (Lipinski definition) is 8. The number of hydrogen-bond donors (Lipinski definition) is 2. The van der Waals surface area contributed by atoms with Crippen LogP contribution in [0.3, 0.4) is 0 Å². The van der Waals surface area contributed by atoms with Gasteiger partial charge in [-0.3, -0.25) is 9.59 Å². The minimum Gasteiger partial charge on any atom is -0.493 e. The molecule has 0 fully saturated rings. The summed E-state index contributed by atoms with van der Waals surface area (Å²) in [6.45, 7) is 1.99. The molecule has 0 bridgehead atoms. The van der Waals surface area contributed by atoms with E-state index in [-0.39, 0.29) is 22.6 Å². The number of aromatic amines is 1. The first-order valence-corrected chi connectivity index (χ1v) is 9.77. The van der Waals surface area contributed by atoms with Crippen molar-refractivity contribution in [3.05, 3.63) is 39.8 Å². The molecule has 0 saturated heterocycles. The summed E-state index contributed by atoms with van der Waals surface area (Å²) >= 11 is 1.09. The molecule has 1 amide bonds. The Bertz CT molecular complexity index is 944. The van der Waals surface area contributed by atoms with Crippen molar-refractivity contribution < 1.29 is 23.8 Å². The van der Waals surface area contributed by atoms with Crippen LogP contribution in [0, 0.1) is 0 Å². The van der Waals surface area contributed by atoms with Crippen molar-refractivity contribution in [2.45, 2.75) is 24.9 Å². The van der Waals surface area contributed by atoms with E-state index in [0.717, 1.165) is 18.2 Å². The van der Waals surface area contributed by atoms with Gasteiger partial charge in [-0.05, 0) is 6.42 Å². The van der Waals surface area contributed by atoms with E-state index in [2.05, 4.69) is 15.3 Å². The maximum atomic E-state index is 12.4. The second-order valence-corrected chi connectivity index (χ2v) is 6.84. The Morgan fingerprint density at radius 3 is 2.45 bits per heavy atom. The Kier molecular flexibility index (Phi) is 8.08. The average molecular weight is 421 g/mol. The summed E-state index contributed by atoms with van der Waals surface area (Å²) in [4.78, 5) is 43.1. The maximum absolute atomic E-state index is 12.4. The topological polar surface area (TPSA) is 120 Å². The zero-order valence-electron chi connectivity index (χ0n) is 16.7. The largest absolute Gasteiger partial charge is 0.493 e. The molecule has 156 valence electrons. The van der Waals surface area contributed by atoms with Gasteiger partial charge in [-0.2, -0.15) is 0 Å². The molecule has 1 aromatic heterocycles. The highest BCUT2D eigenvalue weighted by Gasteiger charge is 2.19. The Labute approximate surface area is 172 Å². The van der Waals surface area contributed by atoms with E-state index in [9.17, 15) is 14.4 Å². The quantitative estimate of drug-likeness (QED) is 0.359. The number of esters is 1. The molecule has 0 radical (unpaired) electrons. The van der Waals surface area contributed by atoms with Crippen molar-refractivity contribution in [3.63, 3.8) is 0 Å². The number of H-pyrrole nitrogens is 1. The number of anilines is 1. The lowest BCUT2D eigenvalue weighted by atomic mass is 10.1. The fourth-order valence-corrected chi connectivity index (χ4v) is 3.21. The molecule has 2 N–H and O–H groups in total. The molecule has 2 rings (SSSR count). The van der Waals surface area contributed by atoms with Crippen LogP contribution in [0.2, 0.25) is 0 Å².